The molecule has 106 valence electrons. The number of aryl methyl sites for hydroxylation is 1. The Morgan fingerprint density at radius 1 is 1.35 bits per heavy atom. The second-order valence-electron chi connectivity index (χ2n) is 4.47. The summed E-state index contributed by atoms with van der Waals surface area (Å²) in [5, 5.41) is 0. The van der Waals surface area contributed by atoms with Gasteiger partial charge < -0.3 is 4.74 Å². The maximum absolute atomic E-state index is 13.7. The van der Waals surface area contributed by atoms with Crippen LogP contribution in [0.3, 0.4) is 0 Å². The second-order valence-corrected chi connectivity index (χ2v) is 4.47. The van der Waals surface area contributed by atoms with Gasteiger partial charge in [0.15, 0.2) is 11.6 Å². The van der Waals surface area contributed by atoms with E-state index in [2.05, 4.69) is 15.4 Å². The van der Waals surface area contributed by atoms with Gasteiger partial charge in [0.2, 0.25) is 0 Å². The van der Waals surface area contributed by atoms with Crippen LogP contribution in [-0.2, 0) is 6.42 Å². The van der Waals surface area contributed by atoms with Crippen molar-refractivity contribution < 1.29 is 9.13 Å². The van der Waals surface area contributed by atoms with E-state index in [1.165, 1.54) is 13.2 Å². The molecular formula is C14H17FN4O. The van der Waals surface area contributed by atoms with Gasteiger partial charge in [0, 0.05) is 6.20 Å². The molecule has 0 amide bonds. The van der Waals surface area contributed by atoms with Crippen molar-refractivity contribution in [2.24, 2.45) is 5.84 Å². The van der Waals surface area contributed by atoms with E-state index in [1.807, 2.05) is 6.92 Å². The molecule has 20 heavy (non-hydrogen) atoms. The van der Waals surface area contributed by atoms with Crippen LogP contribution in [0.1, 0.15) is 23.0 Å². The van der Waals surface area contributed by atoms with Crippen LogP contribution in [-0.4, -0.2) is 17.1 Å². The summed E-state index contributed by atoms with van der Waals surface area (Å²) in [5.74, 6) is 5.38. The van der Waals surface area contributed by atoms with Crippen LogP contribution in [0.15, 0.2) is 30.6 Å². The number of ether oxygens (including phenoxy) is 1. The number of nitrogens with one attached hydrogen (secondary N) is 1. The van der Waals surface area contributed by atoms with Crippen LogP contribution < -0.4 is 16.0 Å². The van der Waals surface area contributed by atoms with Gasteiger partial charge in [-0.25, -0.2) is 4.39 Å². The summed E-state index contributed by atoms with van der Waals surface area (Å²) in [5.41, 5.74) is 5.03. The van der Waals surface area contributed by atoms with Crippen molar-refractivity contribution in [2.75, 3.05) is 7.11 Å². The van der Waals surface area contributed by atoms with Crippen molar-refractivity contribution in [3.8, 4) is 5.75 Å². The molecule has 2 aromatic rings. The Balaban J connectivity index is 2.17. The van der Waals surface area contributed by atoms with Crippen molar-refractivity contribution in [3.63, 3.8) is 0 Å². The van der Waals surface area contributed by atoms with Gasteiger partial charge in [-0.05, 0) is 31.0 Å². The van der Waals surface area contributed by atoms with Crippen LogP contribution in [0.2, 0.25) is 0 Å². The molecule has 1 aromatic carbocycles. The summed E-state index contributed by atoms with van der Waals surface area (Å²) in [6, 6.07) is 4.61. The molecule has 2 rings (SSSR count). The Morgan fingerprint density at radius 3 is 2.70 bits per heavy atom. The minimum absolute atomic E-state index is 0.223. The fourth-order valence-corrected chi connectivity index (χ4v) is 1.90. The lowest BCUT2D eigenvalue weighted by Gasteiger charge is -2.15. The van der Waals surface area contributed by atoms with Gasteiger partial charge in [-0.2, -0.15) is 0 Å². The van der Waals surface area contributed by atoms with Crippen molar-refractivity contribution in [3.05, 3.63) is 53.4 Å². The molecule has 0 aliphatic carbocycles. The Labute approximate surface area is 117 Å². The third-order valence-electron chi connectivity index (χ3n) is 3.02. The summed E-state index contributed by atoms with van der Waals surface area (Å²) in [4.78, 5) is 8.46. The first-order chi connectivity index (χ1) is 9.63. The van der Waals surface area contributed by atoms with Gasteiger partial charge in [0.1, 0.15) is 0 Å². The van der Waals surface area contributed by atoms with Crippen molar-refractivity contribution in [1.29, 1.82) is 0 Å². The van der Waals surface area contributed by atoms with E-state index in [0.717, 1.165) is 11.3 Å². The topological polar surface area (TPSA) is 73.1 Å². The molecule has 3 N–H and O–H groups in total. The summed E-state index contributed by atoms with van der Waals surface area (Å²) in [6.45, 7) is 1.86. The summed E-state index contributed by atoms with van der Waals surface area (Å²) >= 11 is 0. The summed E-state index contributed by atoms with van der Waals surface area (Å²) < 4.78 is 18.5. The Kier molecular flexibility index (Phi) is 4.60. The van der Waals surface area contributed by atoms with Crippen LogP contribution in [0.5, 0.6) is 5.75 Å². The Hall–Kier alpha value is -2.05. The standard InChI is InChI=1S/C14H17FN4O/c1-9-7-18-13(8-17-9)12(19-16)6-10-3-4-14(20-2)11(15)5-10/h3-5,7-8,12,19H,6,16H2,1-2H3. The SMILES string of the molecule is COc1ccc(CC(NN)c2cnc(C)cn2)cc1F. The van der Waals surface area contributed by atoms with E-state index >= 15 is 0 Å². The number of nitrogens with zero attached hydrogens (tertiary/aromatic N) is 2. The Morgan fingerprint density at radius 2 is 2.15 bits per heavy atom. The van der Waals surface area contributed by atoms with Crippen LogP contribution in [0, 0.1) is 12.7 Å². The zero-order valence-electron chi connectivity index (χ0n) is 11.4. The first-order valence-electron chi connectivity index (χ1n) is 6.21. The number of halogens is 1. The molecule has 0 saturated carbocycles. The fourth-order valence-electron chi connectivity index (χ4n) is 1.90. The van der Waals surface area contributed by atoms with Gasteiger partial charge in [-0.3, -0.25) is 21.2 Å². The zero-order valence-corrected chi connectivity index (χ0v) is 11.4. The minimum Gasteiger partial charge on any atom is -0.494 e. The minimum atomic E-state index is -0.393. The molecule has 1 heterocycles. The van der Waals surface area contributed by atoms with Gasteiger partial charge >= 0.3 is 0 Å². The maximum Gasteiger partial charge on any atom is 0.165 e. The molecule has 0 fully saturated rings. The monoisotopic (exact) mass is 276 g/mol. The van der Waals surface area contributed by atoms with Crippen molar-refractivity contribution in [1.82, 2.24) is 15.4 Å². The molecule has 1 atom stereocenters. The summed E-state index contributed by atoms with van der Waals surface area (Å²) in [7, 11) is 1.43. The van der Waals surface area contributed by atoms with Gasteiger partial charge in [0.05, 0.1) is 30.7 Å². The first-order valence-corrected chi connectivity index (χ1v) is 6.21. The van der Waals surface area contributed by atoms with E-state index in [4.69, 9.17) is 10.6 Å². The number of aromatic nitrogens is 2. The molecule has 1 unspecified atom stereocenters. The summed E-state index contributed by atoms with van der Waals surface area (Å²) in [6.07, 6.45) is 3.85. The smallest absolute Gasteiger partial charge is 0.165 e. The van der Waals surface area contributed by atoms with Gasteiger partial charge in [0.25, 0.3) is 0 Å². The van der Waals surface area contributed by atoms with Crippen LogP contribution >= 0.6 is 0 Å². The van der Waals surface area contributed by atoms with Crippen molar-refractivity contribution >= 4 is 0 Å². The molecule has 0 saturated heterocycles. The molecule has 0 spiro atoms. The lowest BCUT2D eigenvalue weighted by atomic mass is 10.0. The maximum atomic E-state index is 13.7. The predicted molar refractivity (Wildman–Crippen MR) is 73.5 cm³/mol. The zero-order chi connectivity index (χ0) is 14.5. The number of benzene rings is 1. The van der Waals surface area contributed by atoms with E-state index in [9.17, 15) is 4.39 Å². The first kappa shape index (κ1) is 14.4. The molecule has 0 radical (unpaired) electrons. The highest BCUT2D eigenvalue weighted by Gasteiger charge is 2.14. The van der Waals surface area contributed by atoms with Gasteiger partial charge in [-0.15, -0.1) is 0 Å². The highest BCUT2D eigenvalue weighted by Crippen LogP contribution is 2.21. The number of hydrogen-bond acceptors (Lipinski definition) is 5. The highest BCUT2D eigenvalue weighted by molar-refractivity contribution is 5.30. The highest BCUT2D eigenvalue weighted by atomic mass is 19.1. The van der Waals surface area contributed by atoms with E-state index in [0.29, 0.717) is 12.1 Å². The van der Waals surface area contributed by atoms with Gasteiger partial charge in [-0.1, -0.05) is 6.07 Å². The number of methoxy groups -OCH3 is 1. The Bertz CT molecular complexity index is 574. The molecule has 5 nitrogen and oxygen atoms in total. The number of nitrogens with two attached hydrogens (primary N) is 1. The number of rotatable bonds is 5. The molecule has 0 aliphatic heterocycles. The molecule has 0 bridgehead atoms. The average Bonchev–Trinajstić information content (AvgIpc) is 2.46. The normalized spacial score (nSPS) is 12.2. The number of hydrazine groups is 1. The molecular weight excluding hydrogens is 259 g/mol. The quantitative estimate of drug-likeness (QED) is 0.642. The average molecular weight is 276 g/mol. The predicted octanol–water partition coefficient (Wildman–Crippen LogP) is 1.68. The van der Waals surface area contributed by atoms with E-state index < -0.39 is 5.82 Å². The van der Waals surface area contributed by atoms with E-state index in [1.54, 1.807) is 24.5 Å². The fraction of sp³-hybridized carbons (Fsp3) is 0.286. The van der Waals surface area contributed by atoms with Crippen LogP contribution in [0.4, 0.5) is 4.39 Å². The third kappa shape index (κ3) is 3.28. The lowest BCUT2D eigenvalue weighted by molar-refractivity contribution is 0.386. The van der Waals surface area contributed by atoms with E-state index in [-0.39, 0.29) is 11.8 Å². The molecule has 0 aliphatic rings. The van der Waals surface area contributed by atoms with Crippen molar-refractivity contribution in [2.45, 2.75) is 19.4 Å². The second kappa shape index (κ2) is 6.40. The molecule has 6 heteroatoms. The van der Waals surface area contributed by atoms with Crippen LogP contribution in [0.25, 0.3) is 0 Å². The lowest BCUT2D eigenvalue weighted by Crippen LogP contribution is -2.30. The molecule has 1 aromatic heterocycles. The number of hydrogen-bond donors (Lipinski definition) is 2. The third-order valence-corrected chi connectivity index (χ3v) is 3.02. The largest absolute Gasteiger partial charge is 0.494 e.